The molecular weight excluding hydrogens is 276 g/mol. The molecule has 6 heteroatoms. The van der Waals surface area contributed by atoms with Crippen molar-refractivity contribution in [1.29, 1.82) is 0 Å². The Morgan fingerprint density at radius 2 is 1.90 bits per heavy atom. The number of carbonyl (C=O) groups excluding carboxylic acids is 1. The number of aryl methyl sites for hydroxylation is 2. The highest BCUT2D eigenvalue weighted by Crippen LogP contribution is 2.18. The fourth-order valence-electron chi connectivity index (χ4n) is 1.63. The van der Waals surface area contributed by atoms with Crippen LogP contribution in [0.4, 0.5) is 10.5 Å². The van der Waals surface area contributed by atoms with Gasteiger partial charge < -0.3 is 11.1 Å². The van der Waals surface area contributed by atoms with Crippen molar-refractivity contribution in [3.8, 4) is 0 Å². The molecule has 0 bridgehead atoms. The monoisotopic (exact) mass is 298 g/mol. The van der Waals surface area contributed by atoms with Gasteiger partial charge in [0.25, 0.3) is 0 Å². The van der Waals surface area contributed by atoms with E-state index in [-0.39, 0.29) is 30.4 Å². The lowest BCUT2D eigenvalue weighted by atomic mass is 10.1. The maximum absolute atomic E-state index is 11.8. The predicted molar refractivity (Wildman–Crippen MR) is 86.7 cm³/mol. The van der Waals surface area contributed by atoms with Gasteiger partial charge in [0.1, 0.15) is 0 Å². The van der Waals surface area contributed by atoms with Crippen molar-refractivity contribution < 1.29 is 4.79 Å². The highest BCUT2D eigenvalue weighted by atomic mass is 35.5. The molecule has 1 unspecified atom stereocenters. The van der Waals surface area contributed by atoms with Gasteiger partial charge in [0.2, 0.25) is 0 Å². The second-order valence-electron chi connectivity index (χ2n) is 4.62. The van der Waals surface area contributed by atoms with E-state index < -0.39 is 0 Å². The van der Waals surface area contributed by atoms with E-state index in [4.69, 9.17) is 5.73 Å². The normalized spacial score (nSPS) is 12.3. The third-order valence-electron chi connectivity index (χ3n) is 2.91. The number of carbonyl (C=O) groups is 1. The van der Waals surface area contributed by atoms with Crippen molar-refractivity contribution in [2.75, 3.05) is 5.32 Å². The second-order valence-corrected chi connectivity index (χ2v) is 4.62. The van der Waals surface area contributed by atoms with Crippen LogP contribution in [0.25, 0.3) is 0 Å². The smallest absolute Gasteiger partial charge is 0.326 e. The van der Waals surface area contributed by atoms with Crippen LogP contribution < -0.4 is 16.4 Å². The van der Waals surface area contributed by atoms with E-state index in [1.54, 1.807) is 0 Å². The van der Waals surface area contributed by atoms with E-state index in [0.29, 0.717) is 0 Å². The van der Waals surface area contributed by atoms with Crippen LogP contribution in [0.3, 0.4) is 0 Å². The van der Waals surface area contributed by atoms with Gasteiger partial charge in [-0.15, -0.1) is 12.4 Å². The Hall–Kier alpha value is -1.75. The topological polar surface area (TPSA) is 79.5 Å². The summed E-state index contributed by atoms with van der Waals surface area (Å²) >= 11 is 0. The van der Waals surface area contributed by atoms with Crippen LogP contribution in [0, 0.1) is 13.8 Å². The minimum absolute atomic E-state index is 0. The summed E-state index contributed by atoms with van der Waals surface area (Å²) in [7, 11) is 0. The summed E-state index contributed by atoms with van der Waals surface area (Å²) in [4.78, 5) is 16.0. The highest BCUT2D eigenvalue weighted by Gasteiger charge is 2.08. The molecule has 1 aromatic rings. The quantitative estimate of drug-likeness (QED) is 0.592. The summed E-state index contributed by atoms with van der Waals surface area (Å²) in [5.74, 6) is 0.137. The number of aliphatic imine (C=N–C) groups is 1. The second kappa shape index (κ2) is 8.43. The number of rotatable bonds is 3. The molecule has 1 atom stereocenters. The molecule has 0 spiro atoms. The first kappa shape index (κ1) is 18.2. The van der Waals surface area contributed by atoms with E-state index in [1.165, 1.54) is 0 Å². The Balaban J connectivity index is 0.00000361. The molecule has 0 heterocycles. The minimum Gasteiger partial charge on any atom is -0.370 e. The average Bonchev–Trinajstić information content (AvgIpc) is 2.33. The van der Waals surface area contributed by atoms with Crippen LogP contribution in [0.2, 0.25) is 0 Å². The number of hydrogen-bond donors (Lipinski definition) is 3. The SMILES string of the molecule is CCC(C)N=C(N)NC(=O)Nc1c(C)cccc1C.Cl. The van der Waals surface area contributed by atoms with Gasteiger partial charge in [-0.2, -0.15) is 0 Å². The number of nitrogens with two attached hydrogens (primary N) is 1. The van der Waals surface area contributed by atoms with Crippen molar-refractivity contribution in [1.82, 2.24) is 5.32 Å². The maximum atomic E-state index is 11.8. The molecule has 0 radical (unpaired) electrons. The fourth-order valence-corrected chi connectivity index (χ4v) is 1.63. The molecule has 0 saturated carbocycles. The molecule has 0 saturated heterocycles. The summed E-state index contributed by atoms with van der Waals surface area (Å²) in [6.45, 7) is 7.84. The van der Waals surface area contributed by atoms with Crippen LogP contribution >= 0.6 is 12.4 Å². The first-order valence-electron chi connectivity index (χ1n) is 6.41. The number of nitrogens with one attached hydrogen (secondary N) is 2. The molecular formula is C14H23ClN4O. The van der Waals surface area contributed by atoms with E-state index in [9.17, 15) is 4.79 Å². The van der Waals surface area contributed by atoms with Crippen molar-refractivity contribution >= 4 is 30.1 Å². The number of urea groups is 1. The van der Waals surface area contributed by atoms with Gasteiger partial charge in [0.15, 0.2) is 5.96 Å². The van der Waals surface area contributed by atoms with Crippen molar-refractivity contribution in [3.05, 3.63) is 29.3 Å². The third kappa shape index (κ3) is 5.48. The molecule has 4 N–H and O–H groups in total. The molecule has 112 valence electrons. The summed E-state index contributed by atoms with van der Waals surface area (Å²) in [5, 5.41) is 5.32. The number of guanidine groups is 1. The predicted octanol–water partition coefficient (Wildman–Crippen LogP) is 2.96. The molecule has 0 aromatic heterocycles. The lowest BCUT2D eigenvalue weighted by Gasteiger charge is -2.12. The van der Waals surface area contributed by atoms with Gasteiger partial charge in [0.05, 0.1) is 6.04 Å². The summed E-state index contributed by atoms with van der Waals surface area (Å²) in [6.07, 6.45) is 0.876. The molecule has 1 aromatic carbocycles. The largest absolute Gasteiger partial charge is 0.370 e. The fraction of sp³-hybridized carbons (Fsp3) is 0.429. The lowest BCUT2D eigenvalue weighted by molar-refractivity contribution is 0.256. The van der Waals surface area contributed by atoms with Crippen LogP contribution in [-0.4, -0.2) is 18.0 Å². The Morgan fingerprint density at radius 3 is 2.40 bits per heavy atom. The molecule has 20 heavy (non-hydrogen) atoms. The number of amides is 2. The van der Waals surface area contributed by atoms with Gasteiger partial charge in [0, 0.05) is 5.69 Å². The summed E-state index contributed by atoms with van der Waals surface area (Å²) in [5.41, 5.74) is 8.48. The average molecular weight is 299 g/mol. The molecule has 5 nitrogen and oxygen atoms in total. The number of anilines is 1. The molecule has 2 amide bonds. The molecule has 0 fully saturated rings. The van der Waals surface area contributed by atoms with Gasteiger partial charge in [-0.1, -0.05) is 25.1 Å². The van der Waals surface area contributed by atoms with Crippen LogP contribution in [-0.2, 0) is 0 Å². The van der Waals surface area contributed by atoms with Crippen molar-refractivity contribution in [3.63, 3.8) is 0 Å². The number of halogens is 1. The summed E-state index contributed by atoms with van der Waals surface area (Å²) < 4.78 is 0. The number of nitrogens with zero attached hydrogens (tertiary/aromatic N) is 1. The van der Waals surface area contributed by atoms with E-state index in [2.05, 4.69) is 15.6 Å². The van der Waals surface area contributed by atoms with Gasteiger partial charge >= 0.3 is 6.03 Å². The zero-order chi connectivity index (χ0) is 14.4. The summed E-state index contributed by atoms with van der Waals surface area (Å²) in [6, 6.07) is 5.56. The Kier molecular flexibility index (Phi) is 7.69. The van der Waals surface area contributed by atoms with Crippen molar-refractivity contribution in [2.45, 2.75) is 40.2 Å². The van der Waals surface area contributed by atoms with Crippen molar-refractivity contribution in [2.24, 2.45) is 10.7 Å². The third-order valence-corrected chi connectivity index (χ3v) is 2.91. The molecule has 0 aliphatic rings. The van der Waals surface area contributed by atoms with E-state index in [1.807, 2.05) is 45.9 Å². The van der Waals surface area contributed by atoms with Crippen LogP contribution in [0.5, 0.6) is 0 Å². The first-order valence-corrected chi connectivity index (χ1v) is 6.41. The van der Waals surface area contributed by atoms with Crippen LogP contribution in [0.1, 0.15) is 31.4 Å². The lowest BCUT2D eigenvalue weighted by Crippen LogP contribution is -2.40. The van der Waals surface area contributed by atoms with E-state index in [0.717, 1.165) is 23.2 Å². The zero-order valence-electron chi connectivity index (χ0n) is 12.4. The van der Waals surface area contributed by atoms with Crippen LogP contribution in [0.15, 0.2) is 23.2 Å². The minimum atomic E-state index is -0.373. The number of para-hydroxylation sites is 1. The maximum Gasteiger partial charge on any atom is 0.326 e. The van der Waals surface area contributed by atoms with Gasteiger partial charge in [-0.25, -0.2) is 4.79 Å². The van der Waals surface area contributed by atoms with E-state index >= 15 is 0 Å². The molecule has 1 rings (SSSR count). The first-order chi connectivity index (χ1) is 8.93. The number of hydrogen-bond acceptors (Lipinski definition) is 2. The highest BCUT2D eigenvalue weighted by molar-refractivity contribution is 6.02. The Bertz CT molecular complexity index is 468. The van der Waals surface area contributed by atoms with Gasteiger partial charge in [-0.05, 0) is 38.3 Å². The zero-order valence-corrected chi connectivity index (χ0v) is 13.2. The van der Waals surface area contributed by atoms with Gasteiger partial charge in [-0.3, -0.25) is 10.3 Å². The molecule has 0 aliphatic carbocycles. The Morgan fingerprint density at radius 1 is 1.35 bits per heavy atom. The number of benzene rings is 1. The standard InChI is InChI=1S/C14H22N4O.ClH/c1-5-11(4)16-13(15)18-14(19)17-12-9(2)7-6-8-10(12)3;/h6-8,11H,5H2,1-4H3,(H4,15,16,17,18,19);1H. The Labute approximate surface area is 126 Å². The molecule has 0 aliphatic heterocycles.